The van der Waals surface area contributed by atoms with E-state index in [4.69, 9.17) is 17.0 Å². The number of carbonyl (C=O) groups is 1. The first-order chi connectivity index (χ1) is 5.02. The van der Waals surface area contributed by atoms with Crippen molar-refractivity contribution in [2.45, 2.75) is 20.3 Å². The number of ketones is 1. The van der Waals surface area contributed by atoms with Crippen LogP contribution in [0.3, 0.4) is 0 Å². The minimum absolute atomic E-state index is 0.0247. The smallest absolute Gasteiger partial charge is 0.167 e. The summed E-state index contributed by atoms with van der Waals surface area (Å²) in [6.45, 7) is 7.37. The van der Waals surface area contributed by atoms with E-state index in [1.165, 1.54) is 6.92 Å². The summed E-state index contributed by atoms with van der Waals surface area (Å²) in [5.74, 6) is 0.0247. The summed E-state index contributed by atoms with van der Waals surface area (Å²) in [6.07, 6.45) is 0.225. The van der Waals surface area contributed by atoms with Crippen molar-refractivity contribution in [3.05, 3.63) is 12.2 Å². The number of hydrogen-bond acceptors (Lipinski definition) is 3. The van der Waals surface area contributed by atoms with Crippen LogP contribution < -0.4 is 0 Å². The summed E-state index contributed by atoms with van der Waals surface area (Å²) >= 11 is 4.76. The first-order valence-electron chi connectivity index (χ1n) is 3.32. The Labute approximate surface area is 72.2 Å². The van der Waals surface area contributed by atoms with Gasteiger partial charge in [-0.2, -0.15) is 0 Å². The van der Waals surface area contributed by atoms with E-state index in [-0.39, 0.29) is 12.2 Å². The molecular weight excluding hydrogens is 160 g/mol. The number of carbonyl (C=O) groups excluding carboxylic acids is 1. The lowest BCUT2D eigenvalue weighted by molar-refractivity contribution is -0.116. The molecule has 0 saturated carbocycles. The molecule has 11 heavy (non-hydrogen) atoms. The molecule has 0 aliphatic rings. The van der Waals surface area contributed by atoms with Gasteiger partial charge in [-0.05, 0) is 31.6 Å². The van der Waals surface area contributed by atoms with Gasteiger partial charge in [-0.3, -0.25) is 4.79 Å². The van der Waals surface area contributed by atoms with E-state index in [0.717, 1.165) is 5.57 Å². The van der Waals surface area contributed by atoms with Crippen LogP contribution in [-0.2, 0) is 9.53 Å². The maximum atomic E-state index is 10.5. The van der Waals surface area contributed by atoms with Crippen molar-refractivity contribution >= 4 is 23.1 Å². The topological polar surface area (TPSA) is 26.3 Å². The molecule has 0 heterocycles. The summed E-state index contributed by atoms with van der Waals surface area (Å²) in [5, 5.41) is 0.348. The first-order valence-corrected chi connectivity index (χ1v) is 3.72. The van der Waals surface area contributed by atoms with Gasteiger partial charge in [0.2, 0.25) is 0 Å². The number of ether oxygens (including phenoxy) is 1. The highest BCUT2D eigenvalue weighted by molar-refractivity contribution is 7.80. The lowest BCUT2D eigenvalue weighted by atomic mass is 10.3. The van der Waals surface area contributed by atoms with Gasteiger partial charge in [0.15, 0.2) is 5.05 Å². The molecule has 3 heteroatoms. The molecule has 2 nitrogen and oxygen atoms in total. The molecule has 0 aromatic heterocycles. The van der Waals surface area contributed by atoms with E-state index in [1.54, 1.807) is 0 Å². The third-order valence-corrected chi connectivity index (χ3v) is 1.14. The van der Waals surface area contributed by atoms with E-state index in [9.17, 15) is 4.79 Å². The normalized spacial score (nSPS) is 8.91. The highest BCUT2D eigenvalue weighted by Crippen LogP contribution is 1.95. The van der Waals surface area contributed by atoms with Crippen LogP contribution in [0.1, 0.15) is 20.3 Å². The quantitative estimate of drug-likeness (QED) is 0.478. The molecule has 0 aliphatic heterocycles. The molecule has 0 amide bonds. The molecule has 62 valence electrons. The van der Waals surface area contributed by atoms with Crippen molar-refractivity contribution < 1.29 is 9.53 Å². The molecule has 0 saturated heterocycles. The fraction of sp³-hybridized carbons (Fsp3) is 0.500. The third kappa shape index (κ3) is 7.19. The van der Waals surface area contributed by atoms with Gasteiger partial charge in [-0.25, -0.2) is 0 Å². The Balaban J connectivity index is 3.53. The van der Waals surface area contributed by atoms with Gasteiger partial charge in [0, 0.05) is 0 Å². The van der Waals surface area contributed by atoms with E-state index < -0.39 is 0 Å². The van der Waals surface area contributed by atoms with Gasteiger partial charge in [0.1, 0.15) is 12.4 Å². The zero-order chi connectivity index (χ0) is 8.85. The molecule has 0 spiro atoms. The SMILES string of the molecule is C=C(C)COC(=S)CC(C)=O. The molecule has 0 aromatic carbocycles. The Hall–Kier alpha value is -0.700. The fourth-order valence-corrected chi connectivity index (χ4v) is 0.720. The number of hydrogen-bond donors (Lipinski definition) is 0. The molecule has 0 N–H and O–H groups in total. The van der Waals surface area contributed by atoms with Crippen LogP contribution in [0.25, 0.3) is 0 Å². The molecule has 0 aliphatic carbocycles. The third-order valence-electron chi connectivity index (χ3n) is 0.873. The van der Waals surface area contributed by atoms with Crippen molar-refractivity contribution in [2.24, 2.45) is 0 Å². The molecule has 0 unspecified atom stereocenters. The van der Waals surface area contributed by atoms with Crippen molar-refractivity contribution in [3.8, 4) is 0 Å². The molecule has 0 atom stereocenters. The average molecular weight is 172 g/mol. The minimum Gasteiger partial charge on any atom is -0.482 e. The summed E-state index contributed by atoms with van der Waals surface area (Å²) in [4.78, 5) is 10.5. The lowest BCUT2D eigenvalue weighted by Gasteiger charge is -2.04. The van der Waals surface area contributed by atoms with Crippen molar-refractivity contribution in [2.75, 3.05) is 6.61 Å². The highest BCUT2D eigenvalue weighted by atomic mass is 32.1. The minimum atomic E-state index is 0.0247. The zero-order valence-corrected chi connectivity index (χ0v) is 7.66. The predicted molar refractivity (Wildman–Crippen MR) is 48.7 cm³/mol. The predicted octanol–water partition coefficient (Wildman–Crippen LogP) is 1.89. The lowest BCUT2D eigenvalue weighted by Crippen LogP contribution is -2.07. The summed E-state index contributed by atoms with van der Waals surface area (Å²) in [5.41, 5.74) is 0.899. The monoisotopic (exact) mass is 172 g/mol. The van der Waals surface area contributed by atoms with Crippen molar-refractivity contribution in [1.29, 1.82) is 0 Å². The summed E-state index contributed by atoms with van der Waals surface area (Å²) in [6, 6.07) is 0. The van der Waals surface area contributed by atoms with Crippen LogP contribution in [0, 0.1) is 0 Å². The van der Waals surface area contributed by atoms with Gasteiger partial charge < -0.3 is 4.74 Å². The van der Waals surface area contributed by atoms with Crippen molar-refractivity contribution in [1.82, 2.24) is 0 Å². The summed E-state index contributed by atoms with van der Waals surface area (Å²) in [7, 11) is 0. The average Bonchev–Trinajstić information content (AvgIpc) is 1.82. The largest absolute Gasteiger partial charge is 0.482 e. The Morgan fingerprint density at radius 2 is 2.09 bits per heavy atom. The maximum Gasteiger partial charge on any atom is 0.167 e. The summed E-state index contributed by atoms with van der Waals surface area (Å²) < 4.78 is 5.03. The van der Waals surface area contributed by atoms with E-state index in [1.807, 2.05) is 6.92 Å². The zero-order valence-electron chi connectivity index (χ0n) is 6.85. The number of rotatable bonds is 4. The Morgan fingerprint density at radius 1 is 1.55 bits per heavy atom. The number of Topliss-reactive ketones (excluding diaryl/α,β-unsaturated/α-hetero) is 1. The van der Waals surface area contributed by atoms with E-state index in [0.29, 0.717) is 11.7 Å². The number of thiocarbonyl (C=S) groups is 1. The highest BCUT2D eigenvalue weighted by Gasteiger charge is 2.00. The molecule has 0 radical (unpaired) electrons. The van der Waals surface area contributed by atoms with Crippen LogP contribution in [0.15, 0.2) is 12.2 Å². The van der Waals surface area contributed by atoms with Gasteiger partial charge in [0.05, 0.1) is 6.42 Å². The second-order valence-electron chi connectivity index (χ2n) is 2.50. The molecule has 0 fully saturated rings. The van der Waals surface area contributed by atoms with Gasteiger partial charge >= 0.3 is 0 Å². The second kappa shape index (κ2) is 5.02. The molecule has 0 bridgehead atoms. The van der Waals surface area contributed by atoms with Crippen LogP contribution in [0.5, 0.6) is 0 Å². The Bertz CT molecular complexity index is 185. The molecule has 0 aromatic rings. The Kier molecular flexibility index (Phi) is 4.70. The van der Waals surface area contributed by atoms with Crippen LogP contribution in [-0.4, -0.2) is 17.4 Å². The fourth-order valence-electron chi connectivity index (χ4n) is 0.458. The first kappa shape index (κ1) is 10.3. The second-order valence-corrected chi connectivity index (χ2v) is 2.95. The van der Waals surface area contributed by atoms with Crippen LogP contribution in [0.4, 0.5) is 0 Å². The molecular formula is C8H12O2S. The van der Waals surface area contributed by atoms with Crippen molar-refractivity contribution in [3.63, 3.8) is 0 Å². The van der Waals surface area contributed by atoms with Gasteiger partial charge in [-0.15, -0.1) is 0 Å². The van der Waals surface area contributed by atoms with Crippen LogP contribution >= 0.6 is 12.2 Å². The van der Waals surface area contributed by atoms with E-state index >= 15 is 0 Å². The Morgan fingerprint density at radius 3 is 2.45 bits per heavy atom. The van der Waals surface area contributed by atoms with Gasteiger partial charge in [-0.1, -0.05) is 6.58 Å². The van der Waals surface area contributed by atoms with Crippen LogP contribution in [0.2, 0.25) is 0 Å². The van der Waals surface area contributed by atoms with Gasteiger partial charge in [0.25, 0.3) is 0 Å². The molecule has 0 rings (SSSR count). The van der Waals surface area contributed by atoms with E-state index in [2.05, 4.69) is 6.58 Å². The standard InChI is InChI=1S/C8H12O2S/c1-6(2)5-10-8(11)4-7(3)9/h1,4-5H2,2-3H3. The maximum absolute atomic E-state index is 10.5.